The molecule has 4 heterocycles. The normalized spacial score (nSPS) is 14.3. The molecule has 5 rings (SSSR count). The van der Waals surface area contributed by atoms with Crippen molar-refractivity contribution in [2.75, 3.05) is 11.9 Å². The topological polar surface area (TPSA) is 92.3 Å². The largest absolute Gasteiger partial charge is 0.296 e. The lowest BCUT2D eigenvalue weighted by Crippen LogP contribution is -2.36. The number of carbonyl (C=O) groups excluding carboxylic acids is 1. The molecule has 0 atom stereocenters. The third-order valence-corrected chi connectivity index (χ3v) is 9.46. The summed E-state index contributed by atoms with van der Waals surface area (Å²) in [4.78, 5) is 13.0. The van der Waals surface area contributed by atoms with E-state index >= 15 is 0 Å². The lowest BCUT2D eigenvalue weighted by molar-refractivity contribution is 0.102. The zero-order valence-electron chi connectivity index (χ0n) is 16.0. The van der Waals surface area contributed by atoms with Crippen LogP contribution in [0.5, 0.6) is 0 Å². The van der Waals surface area contributed by atoms with Crippen LogP contribution in [0.2, 0.25) is 0 Å². The van der Waals surface area contributed by atoms with E-state index in [9.17, 15) is 13.2 Å². The van der Waals surface area contributed by atoms with Crippen molar-refractivity contribution in [1.82, 2.24) is 14.5 Å². The molecule has 0 saturated heterocycles. The molecule has 0 fully saturated rings. The van der Waals surface area contributed by atoms with Gasteiger partial charge in [0.15, 0.2) is 0 Å². The Bertz CT molecular complexity index is 1340. The molecule has 4 aromatic rings. The average molecular weight is 489 g/mol. The number of anilines is 1. The van der Waals surface area contributed by atoms with E-state index in [2.05, 4.69) is 15.5 Å². The van der Waals surface area contributed by atoms with Crippen LogP contribution in [0.25, 0.3) is 10.6 Å². The van der Waals surface area contributed by atoms with Gasteiger partial charge in [-0.2, -0.15) is 15.6 Å². The van der Waals surface area contributed by atoms with Crippen molar-refractivity contribution in [2.45, 2.75) is 17.9 Å². The number of sulfonamides is 1. The van der Waals surface area contributed by atoms with Crippen LogP contribution in [0.1, 0.15) is 20.8 Å². The molecule has 0 spiro atoms. The van der Waals surface area contributed by atoms with Gasteiger partial charge in [0.1, 0.15) is 14.8 Å². The van der Waals surface area contributed by atoms with Crippen LogP contribution in [-0.4, -0.2) is 35.4 Å². The summed E-state index contributed by atoms with van der Waals surface area (Å²) in [5.41, 5.74) is 3.09. The zero-order chi connectivity index (χ0) is 21.4. The van der Waals surface area contributed by atoms with Crippen molar-refractivity contribution in [3.63, 3.8) is 0 Å². The molecule has 158 valence electrons. The number of aromatic nitrogens is 2. The minimum absolute atomic E-state index is 0.0250. The van der Waals surface area contributed by atoms with Crippen molar-refractivity contribution in [3.05, 3.63) is 68.5 Å². The molecule has 3 aromatic heterocycles. The predicted molar refractivity (Wildman–Crippen MR) is 123 cm³/mol. The van der Waals surface area contributed by atoms with Gasteiger partial charge in [-0.25, -0.2) is 8.42 Å². The van der Waals surface area contributed by atoms with Gasteiger partial charge in [-0.05, 0) is 40.4 Å². The Morgan fingerprint density at radius 3 is 2.71 bits per heavy atom. The van der Waals surface area contributed by atoms with E-state index in [0.29, 0.717) is 29.6 Å². The molecule has 0 saturated carbocycles. The highest BCUT2D eigenvalue weighted by atomic mass is 32.2. The van der Waals surface area contributed by atoms with Crippen LogP contribution in [0.3, 0.4) is 0 Å². The van der Waals surface area contributed by atoms with E-state index in [-0.39, 0.29) is 9.77 Å². The van der Waals surface area contributed by atoms with Gasteiger partial charge in [-0.1, -0.05) is 35.6 Å². The van der Waals surface area contributed by atoms with Gasteiger partial charge >= 0.3 is 0 Å². The van der Waals surface area contributed by atoms with E-state index < -0.39 is 15.9 Å². The molecule has 1 aliphatic heterocycles. The first-order valence-electron chi connectivity index (χ1n) is 9.34. The van der Waals surface area contributed by atoms with Gasteiger partial charge in [0.2, 0.25) is 15.2 Å². The molecule has 0 bridgehead atoms. The van der Waals surface area contributed by atoms with E-state index in [1.807, 2.05) is 41.1 Å². The summed E-state index contributed by atoms with van der Waals surface area (Å²) in [6, 6.07) is 11.3. The van der Waals surface area contributed by atoms with Gasteiger partial charge < -0.3 is 0 Å². The Balaban J connectivity index is 1.37. The Hall–Kier alpha value is -2.44. The molecular formula is C20H16N4O3S4. The fourth-order valence-electron chi connectivity index (χ4n) is 3.41. The molecule has 0 aliphatic carbocycles. The fourth-order valence-corrected chi connectivity index (χ4v) is 7.58. The van der Waals surface area contributed by atoms with Crippen LogP contribution in [0.4, 0.5) is 5.13 Å². The number of amides is 1. The second kappa shape index (κ2) is 8.24. The summed E-state index contributed by atoms with van der Waals surface area (Å²) in [7, 11) is -3.81. The van der Waals surface area contributed by atoms with Crippen LogP contribution < -0.4 is 5.32 Å². The first-order chi connectivity index (χ1) is 15.0. The summed E-state index contributed by atoms with van der Waals surface area (Å²) < 4.78 is 28.1. The maximum Gasteiger partial charge on any atom is 0.268 e. The summed E-state index contributed by atoms with van der Waals surface area (Å²) >= 11 is 3.90. The molecule has 11 heteroatoms. The van der Waals surface area contributed by atoms with Crippen LogP contribution in [0.15, 0.2) is 57.4 Å². The first-order valence-corrected chi connectivity index (χ1v) is 13.4. The smallest absolute Gasteiger partial charge is 0.268 e. The second-order valence-electron chi connectivity index (χ2n) is 6.85. The van der Waals surface area contributed by atoms with Gasteiger partial charge in [0, 0.05) is 24.0 Å². The number of benzene rings is 1. The third-order valence-electron chi connectivity index (χ3n) is 4.96. The summed E-state index contributed by atoms with van der Waals surface area (Å²) in [6.45, 7) is 0.687. The summed E-state index contributed by atoms with van der Waals surface area (Å²) in [6.07, 6.45) is 0.650. The van der Waals surface area contributed by atoms with E-state index in [4.69, 9.17) is 0 Å². The quantitative estimate of drug-likeness (QED) is 0.451. The van der Waals surface area contributed by atoms with Gasteiger partial charge in [0.05, 0.1) is 0 Å². The molecule has 1 amide bonds. The third kappa shape index (κ3) is 3.94. The number of thiophene rings is 2. The number of rotatable bonds is 5. The lowest BCUT2D eigenvalue weighted by Gasteiger charge is -2.28. The Morgan fingerprint density at radius 2 is 1.90 bits per heavy atom. The number of carbonyl (C=O) groups is 1. The highest BCUT2D eigenvalue weighted by molar-refractivity contribution is 7.89. The number of nitrogens with one attached hydrogen (secondary N) is 1. The van der Waals surface area contributed by atoms with Crippen molar-refractivity contribution < 1.29 is 13.2 Å². The molecule has 1 N–H and O–H groups in total. The SMILES string of the molecule is O=C(Nc1nnc(-c2ccsc2)s1)c1sccc1S(=O)(=O)N1CCc2ccccc2C1. The lowest BCUT2D eigenvalue weighted by atomic mass is 10.0. The number of fused-ring (bicyclic) bond motifs is 1. The molecule has 1 aliphatic rings. The van der Waals surface area contributed by atoms with Gasteiger partial charge in [0.25, 0.3) is 5.91 Å². The predicted octanol–water partition coefficient (Wildman–Crippen LogP) is 4.33. The minimum atomic E-state index is -3.81. The zero-order valence-corrected chi connectivity index (χ0v) is 19.3. The molecular weight excluding hydrogens is 473 g/mol. The van der Waals surface area contributed by atoms with Crippen molar-refractivity contribution in [3.8, 4) is 10.6 Å². The highest BCUT2D eigenvalue weighted by Crippen LogP contribution is 2.31. The first kappa shape index (κ1) is 20.5. The van der Waals surface area contributed by atoms with E-state index in [0.717, 1.165) is 28.0 Å². The molecule has 0 radical (unpaired) electrons. The number of nitrogens with zero attached hydrogens (tertiary/aromatic N) is 3. The standard InChI is InChI=1S/C20H16N4O3S4/c25-18(21-20-23-22-19(30-20)15-6-9-28-12-15)17-16(7-10-29-17)31(26,27)24-8-5-13-3-1-2-4-14(13)11-24/h1-4,6-7,9-10,12H,5,8,11H2,(H,21,23,25). The fraction of sp³-hybridized carbons (Fsp3) is 0.150. The highest BCUT2D eigenvalue weighted by Gasteiger charge is 2.32. The Kier molecular flexibility index (Phi) is 5.44. The van der Waals surface area contributed by atoms with E-state index in [1.54, 1.807) is 16.7 Å². The van der Waals surface area contributed by atoms with Gasteiger partial charge in [-0.15, -0.1) is 21.5 Å². The van der Waals surface area contributed by atoms with Crippen molar-refractivity contribution >= 4 is 55.1 Å². The van der Waals surface area contributed by atoms with Crippen molar-refractivity contribution in [1.29, 1.82) is 0 Å². The van der Waals surface area contributed by atoms with Crippen LogP contribution in [0, 0.1) is 0 Å². The van der Waals surface area contributed by atoms with E-state index in [1.165, 1.54) is 21.7 Å². The number of hydrogen-bond donors (Lipinski definition) is 1. The maximum atomic E-state index is 13.3. The molecule has 1 aromatic carbocycles. The molecule has 0 unspecified atom stereocenters. The summed E-state index contributed by atoms with van der Waals surface area (Å²) in [5.74, 6) is -0.501. The Morgan fingerprint density at radius 1 is 1.06 bits per heavy atom. The molecule has 7 nitrogen and oxygen atoms in total. The summed E-state index contributed by atoms with van der Waals surface area (Å²) in [5, 5.41) is 17.3. The monoisotopic (exact) mass is 488 g/mol. The average Bonchev–Trinajstić information content (AvgIpc) is 3.54. The van der Waals surface area contributed by atoms with Crippen molar-refractivity contribution in [2.24, 2.45) is 0 Å². The number of hydrogen-bond acceptors (Lipinski definition) is 8. The second-order valence-corrected chi connectivity index (χ2v) is 11.4. The van der Waals surface area contributed by atoms with Crippen LogP contribution in [-0.2, 0) is 23.0 Å². The van der Waals surface area contributed by atoms with Gasteiger partial charge in [-0.3, -0.25) is 10.1 Å². The molecule has 31 heavy (non-hydrogen) atoms. The van der Waals surface area contributed by atoms with Crippen LogP contribution >= 0.6 is 34.0 Å². The Labute approximate surface area is 191 Å². The minimum Gasteiger partial charge on any atom is -0.296 e. The maximum absolute atomic E-state index is 13.3.